The van der Waals surface area contributed by atoms with Crippen molar-refractivity contribution >= 4 is 15.9 Å². The highest BCUT2D eigenvalue weighted by atomic mass is 32.2. The molecule has 0 fully saturated rings. The van der Waals surface area contributed by atoms with Crippen LogP contribution in [-0.4, -0.2) is 23.6 Å². The molecule has 0 unspecified atom stereocenters. The quantitative estimate of drug-likeness (QED) is 0.851. The average molecular weight is 302 g/mol. The molecule has 6 heteroatoms. The van der Waals surface area contributed by atoms with E-state index in [9.17, 15) is 13.2 Å². The monoisotopic (exact) mass is 302 g/mol. The maximum absolute atomic E-state index is 12.5. The van der Waals surface area contributed by atoms with E-state index >= 15 is 0 Å². The summed E-state index contributed by atoms with van der Waals surface area (Å²) in [6.45, 7) is 3.71. The molecule has 5 nitrogen and oxygen atoms in total. The minimum absolute atomic E-state index is 0.0278. The lowest BCUT2D eigenvalue weighted by atomic mass is 10.2. The Morgan fingerprint density at radius 1 is 1.10 bits per heavy atom. The van der Waals surface area contributed by atoms with Crippen molar-refractivity contribution in [2.45, 2.75) is 25.3 Å². The molecule has 0 atom stereocenters. The van der Waals surface area contributed by atoms with E-state index in [1.54, 1.807) is 24.3 Å². The van der Waals surface area contributed by atoms with Crippen molar-refractivity contribution in [3.05, 3.63) is 58.9 Å². The second kappa shape index (κ2) is 4.66. The van der Waals surface area contributed by atoms with Crippen LogP contribution in [0.15, 0.2) is 41.3 Å². The summed E-state index contributed by atoms with van der Waals surface area (Å²) in [5, 5.41) is 0. The van der Waals surface area contributed by atoms with Gasteiger partial charge in [-0.1, -0.05) is 12.1 Å². The Kier molecular flexibility index (Phi) is 3.06. The first-order valence-corrected chi connectivity index (χ1v) is 7.94. The van der Waals surface area contributed by atoms with Crippen molar-refractivity contribution in [2.75, 3.05) is 0 Å². The second-order valence-corrected chi connectivity index (χ2v) is 6.90. The van der Waals surface area contributed by atoms with Crippen molar-refractivity contribution in [1.82, 2.24) is 9.29 Å². The van der Waals surface area contributed by atoms with Crippen LogP contribution in [0.4, 0.5) is 0 Å². The molecule has 0 radical (unpaired) electrons. The fraction of sp³-hybridized carbons (Fsp3) is 0.200. The molecule has 0 N–H and O–H groups in total. The lowest BCUT2D eigenvalue weighted by Crippen LogP contribution is -2.29. The zero-order chi connectivity index (χ0) is 15.2. The molecule has 0 bridgehead atoms. The van der Waals surface area contributed by atoms with E-state index < -0.39 is 15.9 Å². The summed E-state index contributed by atoms with van der Waals surface area (Å²) in [5.74, 6) is -0.474. The number of rotatable bonds is 2. The number of aryl methyl sites for hydroxylation is 2. The standard InChI is InChI=1S/C15H14N2O3S/c1-10-7-12(8-11(2)16-10)9-17-15(18)13-5-3-4-6-14(13)21(17,19)20/h3-8H,9H2,1-2H3. The maximum Gasteiger partial charge on any atom is 0.269 e. The van der Waals surface area contributed by atoms with Crippen molar-refractivity contribution in [2.24, 2.45) is 0 Å². The van der Waals surface area contributed by atoms with Gasteiger partial charge in [0.1, 0.15) is 4.90 Å². The first-order valence-electron chi connectivity index (χ1n) is 6.50. The van der Waals surface area contributed by atoms with Crippen molar-refractivity contribution in [3.8, 4) is 0 Å². The van der Waals surface area contributed by atoms with E-state index in [0.29, 0.717) is 0 Å². The third kappa shape index (κ3) is 2.21. The van der Waals surface area contributed by atoms with Gasteiger partial charge in [-0.2, -0.15) is 0 Å². The Labute approximate surface area is 123 Å². The molecule has 21 heavy (non-hydrogen) atoms. The highest BCUT2D eigenvalue weighted by Gasteiger charge is 2.40. The molecule has 2 aromatic rings. The molecular weight excluding hydrogens is 288 g/mol. The molecule has 1 amide bonds. The minimum atomic E-state index is -3.76. The number of hydrogen-bond acceptors (Lipinski definition) is 4. The molecule has 1 aromatic carbocycles. The normalized spacial score (nSPS) is 16.1. The molecule has 0 saturated carbocycles. The predicted molar refractivity (Wildman–Crippen MR) is 77.2 cm³/mol. The number of fused-ring (bicyclic) bond motifs is 1. The Morgan fingerprint density at radius 2 is 1.71 bits per heavy atom. The molecule has 108 valence electrons. The van der Waals surface area contributed by atoms with E-state index in [1.807, 2.05) is 13.8 Å². The highest BCUT2D eigenvalue weighted by Crippen LogP contribution is 2.31. The largest absolute Gasteiger partial charge is 0.269 e. The molecule has 0 aliphatic carbocycles. The molecule has 1 aliphatic heterocycles. The van der Waals surface area contributed by atoms with Crippen LogP contribution in [0.5, 0.6) is 0 Å². The zero-order valence-electron chi connectivity index (χ0n) is 11.7. The van der Waals surface area contributed by atoms with Crippen LogP contribution in [0, 0.1) is 13.8 Å². The summed E-state index contributed by atoms with van der Waals surface area (Å²) in [6, 6.07) is 9.87. The van der Waals surface area contributed by atoms with Crippen LogP contribution >= 0.6 is 0 Å². The van der Waals surface area contributed by atoms with Crippen LogP contribution in [0.25, 0.3) is 0 Å². The predicted octanol–water partition coefficient (Wildman–Crippen LogP) is 2.04. The molecule has 3 rings (SSSR count). The van der Waals surface area contributed by atoms with Gasteiger partial charge in [0.2, 0.25) is 0 Å². The van der Waals surface area contributed by atoms with E-state index in [0.717, 1.165) is 21.3 Å². The molecular formula is C15H14N2O3S. The smallest absolute Gasteiger partial charge is 0.268 e. The van der Waals surface area contributed by atoms with Gasteiger partial charge in [0.15, 0.2) is 0 Å². The van der Waals surface area contributed by atoms with Gasteiger partial charge in [0.05, 0.1) is 12.1 Å². The minimum Gasteiger partial charge on any atom is -0.268 e. The first-order chi connectivity index (χ1) is 9.89. The third-order valence-electron chi connectivity index (χ3n) is 3.38. The fourth-order valence-corrected chi connectivity index (χ4v) is 4.12. The van der Waals surface area contributed by atoms with Crippen LogP contribution in [0.3, 0.4) is 0 Å². The van der Waals surface area contributed by atoms with Gasteiger partial charge in [-0.15, -0.1) is 0 Å². The lowest BCUT2D eigenvalue weighted by molar-refractivity contribution is 0.0865. The van der Waals surface area contributed by atoms with Gasteiger partial charge in [0.25, 0.3) is 15.9 Å². The van der Waals surface area contributed by atoms with E-state index in [1.165, 1.54) is 12.1 Å². The van der Waals surface area contributed by atoms with Gasteiger partial charge in [-0.25, -0.2) is 12.7 Å². The summed E-state index contributed by atoms with van der Waals surface area (Å²) in [4.78, 5) is 16.6. The van der Waals surface area contributed by atoms with Gasteiger partial charge >= 0.3 is 0 Å². The zero-order valence-corrected chi connectivity index (χ0v) is 12.5. The Morgan fingerprint density at radius 3 is 2.33 bits per heavy atom. The van der Waals surface area contributed by atoms with Crippen LogP contribution in [0.1, 0.15) is 27.3 Å². The van der Waals surface area contributed by atoms with Gasteiger partial charge in [-0.3, -0.25) is 9.78 Å². The summed E-state index contributed by atoms with van der Waals surface area (Å²) >= 11 is 0. The third-order valence-corrected chi connectivity index (χ3v) is 5.17. The van der Waals surface area contributed by atoms with E-state index in [4.69, 9.17) is 0 Å². The van der Waals surface area contributed by atoms with E-state index in [2.05, 4.69) is 4.98 Å². The topological polar surface area (TPSA) is 67.3 Å². The van der Waals surface area contributed by atoms with E-state index in [-0.39, 0.29) is 17.0 Å². The van der Waals surface area contributed by atoms with Gasteiger partial charge < -0.3 is 0 Å². The Balaban J connectivity index is 2.03. The van der Waals surface area contributed by atoms with Crippen molar-refractivity contribution in [3.63, 3.8) is 0 Å². The lowest BCUT2D eigenvalue weighted by Gasteiger charge is -2.15. The number of hydrogen-bond donors (Lipinski definition) is 0. The molecule has 1 aliphatic rings. The average Bonchev–Trinajstić information content (AvgIpc) is 2.60. The number of sulfonamides is 1. The Hall–Kier alpha value is -2.21. The summed E-state index contributed by atoms with van der Waals surface area (Å²) in [5.41, 5.74) is 2.59. The fourth-order valence-electron chi connectivity index (χ4n) is 2.57. The van der Waals surface area contributed by atoms with Crippen LogP contribution in [-0.2, 0) is 16.6 Å². The number of carbonyl (C=O) groups is 1. The molecule has 0 saturated heterocycles. The van der Waals surface area contributed by atoms with Crippen molar-refractivity contribution in [1.29, 1.82) is 0 Å². The number of aromatic nitrogens is 1. The molecule has 0 spiro atoms. The highest BCUT2D eigenvalue weighted by molar-refractivity contribution is 7.90. The SMILES string of the molecule is Cc1cc(CN2C(=O)c3ccccc3S2(=O)=O)cc(C)n1. The first kappa shape index (κ1) is 13.8. The summed E-state index contributed by atoms with van der Waals surface area (Å²) < 4.78 is 25.8. The van der Waals surface area contributed by atoms with Gasteiger partial charge in [-0.05, 0) is 43.7 Å². The van der Waals surface area contributed by atoms with Crippen molar-refractivity contribution < 1.29 is 13.2 Å². The Bertz CT molecular complexity index is 823. The molecule has 1 aromatic heterocycles. The number of pyridine rings is 1. The number of amides is 1. The number of benzene rings is 1. The summed E-state index contributed by atoms with van der Waals surface area (Å²) in [6.07, 6.45) is 0. The number of nitrogens with zero attached hydrogens (tertiary/aromatic N) is 2. The maximum atomic E-state index is 12.5. The summed E-state index contributed by atoms with van der Waals surface area (Å²) in [7, 11) is -3.76. The van der Waals surface area contributed by atoms with Crippen LogP contribution in [0.2, 0.25) is 0 Å². The molecule has 2 heterocycles. The van der Waals surface area contributed by atoms with Crippen LogP contribution < -0.4 is 0 Å². The second-order valence-electron chi connectivity index (χ2n) is 5.07. The number of carbonyl (C=O) groups excluding carboxylic acids is 1. The van der Waals surface area contributed by atoms with Gasteiger partial charge in [0, 0.05) is 11.4 Å².